The Labute approximate surface area is 138 Å². The predicted octanol–water partition coefficient (Wildman–Crippen LogP) is 2.05. The number of nitrogens with one attached hydrogen (secondary N) is 2. The molecule has 8 nitrogen and oxygen atoms in total. The number of hydrogen-bond donors (Lipinski definition) is 2. The summed E-state index contributed by atoms with van der Waals surface area (Å²) < 4.78 is 4.96. The molecule has 0 saturated heterocycles. The molecule has 0 radical (unpaired) electrons. The maximum atomic E-state index is 12.0. The minimum Gasteiger partial charge on any atom is -0.459 e. The second-order valence-electron chi connectivity index (χ2n) is 5.10. The SMILES string of the molecule is Cc1cc(C(=O)NCCCNC(=O)c2ccco2)ccc1[N+](=O)[O-]. The number of carbonyl (C=O) groups is 2. The molecule has 1 heterocycles. The third-order valence-corrected chi connectivity index (χ3v) is 3.33. The molecule has 0 unspecified atom stereocenters. The zero-order valence-corrected chi connectivity index (χ0v) is 13.1. The van der Waals surface area contributed by atoms with E-state index in [9.17, 15) is 19.7 Å². The van der Waals surface area contributed by atoms with Crippen molar-refractivity contribution in [2.45, 2.75) is 13.3 Å². The fourth-order valence-electron chi connectivity index (χ4n) is 2.09. The molecular formula is C16H17N3O5. The van der Waals surface area contributed by atoms with Gasteiger partial charge in [-0.3, -0.25) is 19.7 Å². The van der Waals surface area contributed by atoms with E-state index >= 15 is 0 Å². The number of carbonyl (C=O) groups excluding carboxylic acids is 2. The topological polar surface area (TPSA) is 114 Å². The highest BCUT2D eigenvalue weighted by molar-refractivity contribution is 5.94. The molecule has 2 N–H and O–H groups in total. The van der Waals surface area contributed by atoms with Crippen molar-refractivity contribution >= 4 is 17.5 Å². The van der Waals surface area contributed by atoms with Gasteiger partial charge >= 0.3 is 0 Å². The molecule has 0 atom stereocenters. The zero-order valence-electron chi connectivity index (χ0n) is 13.1. The summed E-state index contributed by atoms with van der Waals surface area (Å²) in [5, 5.41) is 16.1. The Balaban J connectivity index is 1.74. The van der Waals surface area contributed by atoms with E-state index in [0.717, 1.165) is 0 Å². The van der Waals surface area contributed by atoms with Gasteiger partial charge in [0.05, 0.1) is 11.2 Å². The van der Waals surface area contributed by atoms with Crippen LogP contribution in [0.4, 0.5) is 5.69 Å². The lowest BCUT2D eigenvalue weighted by Gasteiger charge is -2.07. The van der Waals surface area contributed by atoms with Crippen molar-refractivity contribution in [3.8, 4) is 0 Å². The van der Waals surface area contributed by atoms with Gasteiger partial charge in [0.25, 0.3) is 17.5 Å². The maximum Gasteiger partial charge on any atom is 0.286 e. The highest BCUT2D eigenvalue weighted by atomic mass is 16.6. The Bertz CT molecular complexity index is 740. The Morgan fingerprint density at radius 1 is 1.17 bits per heavy atom. The van der Waals surface area contributed by atoms with Crippen molar-refractivity contribution in [1.29, 1.82) is 0 Å². The fourth-order valence-corrected chi connectivity index (χ4v) is 2.09. The van der Waals surface area contributed by atoms with Gasteiger partial charge in [-0.15, -0.1) is 0 Å². The molecule has 0 bridgehead atoms. The summed E-state index contributed by atoms with van der Waals surface area (Å²) >= 11 is 0. The smallest absolute Gasteiger partial charge is 0.286 e. The Hall–Kier alpha value is -3.16. The molecule has 2 amide bonds. The highest BCUT2D eigenvalue weighted by Gasteiger charge is 2.13. The Morgan fingerprint density at radius 3 is 2.46 bits per heavy atom. The average molecular weight is 331 g/mol. The van der Waals surface area contributed by atoms with Gasteiger partial charge < -0.3 is 15.1 Å². The van der Waals surface area contributed by atoms with E-state index in [1.54, 1.807) is 19.1 Å². The van der Waals surface area contributed by atoms with Gasteiger partial charge in [0.15, 0.2) is 5.76 Å². The van der Waals surface area contributed by atoms with E-state index in [-0.39, 0.29) is 23.3 Å². The number of nitro benzene ring substituents is 1. The molecule has 24 heavy (non-hydrogen) atoms. The van der Waals surface area contributed by atoms with Crippen LogP contribution in [0.25, 0.3) is 0 Å². The molecule has 0 aliphatic carbocycles. The van der Waals surface area contributed by atoms with E-state index in [2.05, 4.69) is 10.6 Å². The van der Waals surface area contributed by atoms with Crippen molar-refractivity contribution < 1.29 is 18.9 Å². The van der Waals surface area contributed by atoms with Crippen LogP contribution in [0, 0.1) is 17.0 Å². The fraction of sp³-hybridized carbons (Fsp3) is 0.250. The van der Waals surface area contributed by atoms with Gasteiger partial charge in [0, 0.05) is 30.3 Å². The third kappa shape index (κ3) is 4.42. The van der Waals surface area contributed by atoms with Crippen LogP contribution in [0.15, 0.2) is 41.0 Å². The van der Waals surface area contributed by atoms with Crippen LogP contribution >= 0.6 is 0 Å². The molecule has 0 saturated carbocycles. The van der Waals surface area contributed by atoms with Crippen LogP contribution in [0.1, 0.15) is 32.9 Å². The second kappa shape index (κ2) is 7.91. The first-order chi connectivity index (χ1) is 11.5. The van der Waals surface area contributed by atoms with E-state index in [0.29, 0.717) is 30.6 Å². The molecule has 2 aromatic rings. The standard InChI is InChI=1S/C16H17N3O5/c1-11-10-12(5-6-13(11)19(22)23)15(20)17-7-3-8-18-16(21)14-4-2-9-24-14/h2,4-6,9-10H,3,7-8H2,1H3,(H,17,20)(H,18,21). The largest absolute Gasteiger partial charge is 0.459 e. The number of amides is 2. The van der Waals surface area contributed by atoms with Crippen molar-refractivity contribution in [3.05, 3.63) is 63.6 Å². The number of benzene rings is 1. The van der Waals surface area contributed by atoms with Crippen LogP contribution in [0.5, 0.6) is 0 Å². The normalized spacial score (nSPS) is 10.2. The predicted molar refractivity (Wildman–Crippen MR) is 85.8 cm³/mol. The number of furan rings is 1. The summed E-state index contributed by atoms with van der Waals surface area (Å²) in [6, 6.07) is 7.40. The number of nitrogens with zero attached hydrogens (tertiary/aromatic N) is 1. The summed E-state index contributed by atoms with van der Waals surface area (Å²) in [5.41, 5.74) is 0.767. The van der Waals surface area contributed by atoms with Crippen LogP contribution in [-0.2, 0) is 0 Å². The summed E-state index contributed by atoms with van der Waals surface area (Å²) in [6.45, 7) is 2.34. The summed E-state index contributed by atoms with van der Waals surface area (Å²) in [5.74, 6) is -0.386. The first-order valence-corrected chi connectivity index (χ1v) is 7.34. The molecule has 2 rings (SSSR count). The van der Waals surface area contributed by atoms with Gasteiger partial charge in [-0.05, 0) is 37.6 Å². The third-order valence-electron chi connectivity index (χ3n) is 3.33. The quantitative estimate of drug-likeness (QED) is 0.458. The number of rotatable bonds is 7. The average Bonchev–Trinajstić information content (AvgIpc) is 3.08. The van der Waals surface area contributed by atoms with Crippen LogP contribution < -0.4 is 10.6 Å². The molecule has 1 aromatic carbocycles. The summed E-state index contributed by atoms with van der Waals surface area (Å²) in [4.78, 5) is 33.8. The molecule has 1 aromatic heterocycles. The first kappa shape index (κ1) is 17.2. The zero-order chi connectivity index (χ0) is 17.5. The minimum absolute atomic E-state index is 0.0211. The van der Waals surface area contributed by atoms with Crippen molar-refractivity contribution in [3.63, 3.8) is 0 Å². The molecule has 0 aliphatic rings. The van der Waals surface area contributed by atoms with Crippen molar-refractivity contribution in [1.82, 2.24) is 10.6 Å². The van der Waals surface area contributed by atoms with Gasteiger partial charge in [-0.1, -0.05) is 0 Å². The van der Waals surface area contributed by atoms with E-state index < -0.39 is 4.92 Å². The van der Waals surface area contributed by atoms with Gasteiger partial charge in [0.1, 0.15) is 0 Å². The molecule has 8 heteroatoms. The lowest BCUT2D eigenvalue weighted by Crippen LogP contribution is -2.29. The molecule has 126 valence electrons. The number of nitro groups is 1. The van der Waals surface area contributed by atoms with Gasteiger partial charge in [-0.25, -0.2) is 0 Å². The molecular weight excluding hydrogens is 314 g/mol. The number of hydrogen-bond acceptors (Lipinski definition) is 5. The Morgan fingerprint density at radius 2 is 1.88 bits per heavy atom. The Kier molecular flexibility index (Phi) is 5.67. The van der Waals surface area contributed by atoms with Gasteiger partial charge in [-0.2, -0.15) is 0 Å². The lowest BCUT2D eigenvalue weighted by atomic mass is 10.1. The van der Waals surface area contributed by atoms with Crippen LogP contribution in [0.2, 0.25) is 0 Å². The van der Waals surface area contributed by atoms with E-state index in [1.165, 1.54) is 24.5 Å². The van der Waals surface area contributed by atoms with Crippen LogP contribution in [0.3, 0.4) is 0 Å². The molecule has 0 fully saturated rings. The summed E-state index contributed by atoms with van der Waals surface area (Å²) in [6.07, 6.45) is 1.96. The van der Waals surface area contributed by atoms with E-state index in [1.807, 2.05) is 0 Å². The first-order valence-electron chi connectivity index (χ1n) is 7.34. The van der Waals surface area contributed by atoms with Crippen LogP contribution in [-0.4, -0.2) is 29.8 Å². The minimum atomic E-state index is -0.487. The number of aryl methyl sites for hydroxylation is 1. The highest BCUT2D eigenvalue weighted by Crippen LogP contribution is 2.18. The van der Waals surface area contributed by atoms with E-state index in [4.69, 9.17) is 4.42 Å². The monoisotopic (exact) mass is 331 g/mol. The summed E-state index contributed by atoms with van der Waals surface area (Å²) in [7, 11) is 0. The molecule has 0 spiro atoms. The van der Waals surface area contributed by atoms with Crippen molar-refractivity contribution in [2.75, 3.05) is 13.1 Å². The second-order valence-corrected chi connectivity index (χ2v) is 5.10. The van der Waals surface area contributed by atoms with Crippen molar-refractivity contribution in [2.24, 2.45) is 0 Å². The molecule has 0 aliphatic heterocycles. The maximum absolute atomic E-state index is 12.0. The van der Waals surface area contributed by atoms with Gasteiger partial charge in [0.2, 0.25) is 0 Å². The lowest BCUT2D eigenvalue weighted by molar-refractivity contribution is -0.385.